The van der Waals surface area contributed by atoms with Gasteiger partial charge in [-0.25, -0.2) is 0 Å². The Morgan fingerprint density at radius 1 is 1.36 bits per heavy atom. The van der Waals surface area contributed by atoms with E-state index in [1.165, 1.54) is 5.75 Å². The predicted molar refractivity (Wildman–Crippen MR) is 64.5 cm³/mol. The zero-order valence-corrected chi connectivity index (χ0v) is 9.92. The number of hydrogen-bond donors (Lipinski definition) is 1. The van der Waals surface area contributed by atoms with Crippen LogP contribution in [0.4, 0.5) is 0 Å². The maximum Gasteiger partial charge on any atom is 0.0640 e. The number of thioether (sulfide) groups is 1. The minimum absolute atomic E-state index is 0.347. The summed E-state index contributed by atoms with van der Waals surface area (Å²) in [6.07, 6.45) is 0. The van der Waals surface area contributed by atoms with E-state index < -0.39 is 0 Å². The van der Waals surface area contributed by atoms with Gasteiger partial charge in [0.1, 0.15) is 0 Å². The van der Waals surface area contributed by atoms with Crippen molar-refractivity contribution in [1.82, 2.24) is 5.32 Å². The van der Waals surface area contributed by atoms with E-state index in [4.69, 9.17) is 23.2 Å². The lowest BCUT2D eigenvalue weighted by molar-refractivity contribution is 0.595. The van der Waals surface area contributed by atoms with Crippen LogP contribution in [0.25, 0.3) is 0 Å². The molecule has 1 unspecified atom stereocenters. The fourth-order valence-electron chi connectivity index (χ4n) is 1.55. The SMILES string of the molecule is Clc1cccc(C2CSCCN2)c1Cl. The van der Waals surface area contributed by atoms with E-state index in [9.17, 15) is 0 Å². The fourth-order valence-corrected chi connectivity index (χ4v) is 2.96. The van der Waals surface area contributed by atoms with E-state index in [-0.39, 0.29) is 0 Å². The van der Waals surface area contributed by atoms with Gasteiger partial charge in [0.05, 0.1) is 10.0 Å². The van der Waals surface area contributed by atoms with Crippen molar-refractivity contribution in [3.05, 3.63) is 33.8 Å². The summed E-state index contributed by atoms with van der Waals surface area (Å²) in [4.78, 5) is 0. The van der Waals surface area contributed by atoms with Crippen molar-refractivity contribution in [2.45, 2.75) is 6.04 Å². The summed E-state index contributed by atoms with van der Waals surface area (Å²) >= 11 is 14.1. The predicted octanol–water partition coefficient (Wildman–Crippen LogP) is 3.37. The summed E-state index contributed by atoms with van der Waals surface area (Å²) in [5.41, 5.74) is 1.12. The van der Waals surface area contributed by atoms with Crippen LogP contribution >= 0.6 is 35.0 Å². The lowest BCUT2D eigenvalue weighted by Crippen LogP contribution is -2.30. The molecule has 1 aromatic carbocycles. The van der Waals surface area contributed by atoms with Crippen LogP contribution in [0.5, 0.6) is 0 Å². The molecule has 0 radical (unpaired) electrons. The molecule has 1 aliphatic rings. The van der Waals surface area contributed by atoms with Crippen molar-refractivity contribution >= 4 is 35.0 Å². The van der Waals surface area contributed by atoms with Crippen LogP contribution in [-0.4, -0.2) is 18.1 Å². The van der Waals surface area contributed by atoms with Crippen LogP contribution in [0.1, 0.15) is 11.6 Å². The number of halogens is 2. The quantitative estimate of drug-likeness (QED) is 0.817. The zero-order chi connectivity index (χ0) is 9.97. The molecule has 1 aromatic rings. The Morgan fingerprint density at radius 2 is 2.21 bits per heavy atom. The monoisotopic (exact) mass is 247 g/mol. The first-order chi connectivity index (χ1) is 6.79. The second-order valence-electron chi connectivity index (χ2n) is 3.22. The van der Waals surface area contributed by atoms with E-state index >= 15 is 0 Å². The first kappa shape index (κ1) is 10.6. The Labute approximate surface area is 98.2 Å². The molecule has 1 heterocycles. The van der Waals surface area contributed by atoms with Crippen LogP contribution in [-0.2, 0) is 0 Å². The Hall–Kier alpha value is 0.110. The molecule has 1 atom stereocenters. The average molecular weight is 248 g/mol. The van der Waals surface area contributed by atoms with Crippen LogP contribution in [0.3, 0.4) is 0 Å². The van der Waals surface area contributed by atoms with Gasteiger partial charge in [-0.2, -0.15) is 11.8 Å². The molecule has 0 aliphatic carbocycles. The third-order valence-corrected chi connectivity index (χ3v) is 4.17. The summed E-state index contributed by atoms with van der Waals surface area (Å²) in [6.45, 7) is 1.04. The van der Waals surface area contributed by atoms with E-state index in [1.54, 1.807) is 0 Å². The third-order valence-electron chi connectivity index (χ3n) is 2.28. The van der Waals surface area contributed by atoms with Crippen molar-refractivity contribution in [2.75, 3.05) is 18.1 Å². The van der Waals surface area contributed by atoms with Crippen LogP contribution in [0.15, 0.2) is 18.2 Å². The van der Waals surface area contributed by atoms with E-state index in [1.807, 2.05) is 30.0 Å². The van der Waals surface area contributed by atoms with Crippen molar-refractivity contribution < 1.29 is 0 Å². The molecular weight excluding hydrogens is 237 g/mol. The molecule has 0 aromatic heterocycles. The Morgan fingerprint density at radius 3 is 2.93 bits per heavy atom. The highest BCUT2D eigenvalue weighted by Gasteiger charge is 2.18. The van der Waals surface area contributed by atoms with Gasteiger partial charge in [0.25, 0.3) is 0 Å². The van der Waals surface area contributed by atoms with Gasteiger partial charge in [-0.3, -0.25) is 0 Å². The second kappa shape index (κ2) is 4.75. The van der Waals surface area contributed by atoms with Gasteiger partial charge in [0, 0.05) is 24.1 Å². The molecule has 1 saturated heterocycles. The second-order valence-corrected chi connectivity index (χ2v) is 5.16. The van der Waals surface area contributed by atoms with Crippen molar-refractivity contribution in [1.29, 1.82) is 0 Å². The Balaban J connectivity index is 2.26. The molecule has 0 bridgehead atoms. The van der Waals surface area contributed by atoms with Gasteiger partial charge < -0.3 is 5.32 Å². The zero-order valence-electron chi connectivity index (χ0n) is 7.59. The molecule has 0 spiro atoms. The minimum atomic E-state index is 0.347. The minimum Gasteiger partial charge on any atom is -0.308 e. The van der Waals surface area contributed by atoms with Gasteiger partial charge in [0.15, 0.2) is 0 Å². The van der Waals surface area contributed by atoms with Crippen LogP contribution in [0.2, 0.25) is 10.0 Å². The number of nitrogens with one attached hydrogen (secondary N) is 1. The molecule has 76 valence electrons. The standard InChI is InChI=1S/C10H11Cl2NS/c11-8-3-1-2-7(10(8)12)9-6-14-5-4-13-9/h1-3,9,13H,4-6H2. The molecule has 1 aliphatic heterocycles. The lowest BCUT2D eigenvalue weighted by Gasteiger charge is -2.24. The molecule has 4 heteroatoms. The molecule has 1 nitrogen and oxygen atoms in total. The largest absolute Gasteiger partial charge is 0.308 e. The third kappa shape index (κ3) is 2.19. The topological polar surface area (TPSA) is 12.0 Å². The Kier molecular flexibility index (Phi) is 3.61. The molecule has 0 amide bonds. The normalized spacial score (nSPS) is 22.3. The molecule has 1 fully saturated rings. The van der Waals surface area contributed by atoms with E-state index in [0.717, 1.165) is 17.9 Å². The number of hydrogen-bond acceptors (Lipinski definition) is 2. The van der Waals surface area contributed by atoms with Crippen molar-refractivity contribution in [3.8, 4) is 0 Å². The summed E-state index contributed by atoms with van der Waals surface area (Å²) < 4.78 is 0. The summed E-state index contributed by atoms with van der Waals surface area (Å²) in [6, 6.07) is 6.16. The van der Waals surface area contributed by atoms with Gasteiger partial charge >= 0.3 is 0 Å². The molecule has 14 heavy (non-hydrogen) atoms. The van der Waals surface area contributed by atoms with Gasteiger partial charge in [-0.15, -0.1) is 0 Å². The molecule has 0 saturated carbocycles. The van der Waals surface area contributed by atoms with Crippen LogP contribution in [0, 0.1) is 0 Å². The summed E-state index contributed by atoms with van der Waals surface area (Å²) in [5.74, 6) is 2.24. The summed E-state index contributed by atoms with van der Waals surface area (Å²) in [5, 5.41) is 4.77. The van der Waals surface area contributed by atoms with Gasteiger partial charge in [-0.05, 0) is 11.6 Å². The highest BCUT2D eigenvalue weighted by atomic mass is 35.5. The van der Waals surface area contributed by atoms with Crippen molar-refractivity contribution in [2.24, 2.45) is 0 Å². The number of rotatable bonds is 1. The van der Waals surface area contributed by atoms with E-state index in [2.05, 4.69) is 5.32 Å². The molecule has 1 N–H and O–H groups in total. The fraction of sp³-hybridized carbons (Fsp3) is 0.400. The molecule has 2 rings (SSSR count). The first-order valence-corrected chi connectivity index (χ1v) is 6.45. The smallest absolute Gasteiger partial charge is 0.0640 e. The van der Waals surface area contributed by atoms with Crippen LogP contribution < -0.4 is 5.32 Å². The number of benzene rings is 1. The Bertz CT molecular complexity index is 324. The maximum atomic E-state index is 6.15. The van der Waals surface area contributed by atoms with Crippen molar-refractivity contribution in [3.63, 3.8) is 0 Å². The average Bonchev–Trinajstić information content (AvgIpc) is 2.23. The first-order valence-electron chi connectivity index (χ1n) is 4.54. The van der Waals surface area contributed by atoms with E-state index in [0.29, 0.717) is 16.1 Å². The lowest BCUT2D eigenvalue weighted by atomic mass is 10.1. The van der Waals surface area contributed by atoms with Gasteiger partial charge in [0.2, 0.25) is 0 Å². The maximum absolute atomic E-state index is 6.15. The highest BCUT2D eigenvalue weighted by molar-refractivity contribution is 7.99. The highest BCUT2D eigenvalue weighted by Crippen LogP contribution is 2.32. The summed E-state index contributed by atoms with van der Waals surface area (Å²) in [7, 11) is 0. The van der Waals surface area contributed by atoms with Gasteiger partial charge in [-0.1, -0.05) is 35.3 Å². The molecular formula is C10H11Cl2NS.